The molecule has 1 saturated heterocycles. The van der Waals surface area contributed by atoms with Gasteiger partial charge in [-0.1, -0.05) is 0 Å². The molecule has 1 aliphatic rings. The lowest BCUT2D eigenvalue weighted by molar-refractivity contribution is -0.384. The van der Waals surface area contributed by atoms with Crippen LogP contribution in [0.25, 0.3) is 0 Å². The van der Waals surface area contributed by atoms with E-state index in [9.17, 15) is 18.5 Å². The maximum Gasteiger partial charge on any atom is 0.295 e. The van der Waals surface area contributed by atoms with Gasteiger partial charge in [-0.3, -0.25) is 15.5 Å². The SMILES string of the molecule is CCOc1ccc(/C=N/Nc2ccc(S(=O)(=O)N3CCOCC3)cc2[N+](=O)[O-])cc1. The molecule has 0 radical (unpaired) electrons. The van der Waals surface area contributed by atoms with E-state index >= 15 is 0 Å². The molecule has 0 aromatic heterocycles. The van der Waals surface area contributed by atoms with Crippen LogP contribution in [0.5, 0.6) is 5.75 Å². The summed E-state index contributed by atoms with van der Waals surface area (Å²) in [6, 6.07) is 10.9. The van der Waals surface area contributed by atoms with Gasteiger partial charge in [-0.15, -0.1) is 0 Å². The van der Waals surface area contributed by atoms with Gasteiger partial charge in [0.1, 0.15) is 11.4 Å². The number of morpholine rings is 1. The number of hydrazone groups is 1. The van der Waals surface area contributed by atoms with E-state index in [0.717, 1.165) is 17.4 Å². The Morgan fingerprint density at radius 3 is 2.57 bits per heavy atom. The van der Waals surface area contributed by atoms with Crippen molar-refractivity contribution in [2.75, 3.05) is 38.3 Å². The Morgan fingerprint density at radius 1 is 1.23 bits per heavy atom. The zero-order chi connectivity index (χ0) is 21.6. The van der Waals surface area contributed by atoms with Crippen LogP contribution in [0.1, 0.15) is 12.5 Å². The Kier molecular flexibility index (Phi) is 6.98. The van der Waals surface area contributed by atoms with Crippen molar-refractivity contribution in [3.8, 4) is 5.75 Å². The number of nitrogens with one attached hydrogen (secondary N) is 1. The van der Waals surface area contributed by atoms with Crippen molar-refractivity contribution in [2.24, 2.45) is 5.10 Å². The average molecular weight is 434 g/mol. The minimum Gasteiger partial charge on any atom is -0.494 e. The Bertz CT molecular complexity index is 1020. The minimum absolute atomic E-state index is 0.0862. The quantitative estimate of drug-likeness (QED) is 0.384. The van der Waals surface area contributed by atoms with Crippen molar-refractivity contribution < 1.29 is 22.8 Å². The molecule has 0 atom stereocenters. The third kappa shape index (κ3) is 5.12. The summed E-state index contributed by atoms with van der Waals surface area (Å²) in [6.45, 7) is 3.47. The number of benzene rings is 2. The van der Waals surface area contributed by atoms with Gasteiger partial charge in [0.25, 0.3) is 5.69 Å². The monoisotopic (exact) mass is 434 g/mol. The first-order valence-corrected chi connectivity index (χ1v) is 10.7. The highest BCUT2D eigenvalue weighted by Crippen LogP contribution is 2.29. The van der Waals surface area contributed by atoms with Gasteiger partial charge in [-0.05, 0) is 48.9 Å². The zero-order valence-electron chi connectivity index (χ0n) is 16.4. The molecule has 1 aliphatic heterocycles. The van der Waals surface area contributed by atoms with Gasteiger partial charge < -0.3 is 9.47 Å². The second kappa shape index (κ2) is 9.65. The van der Waals surface area contributed by atoms with Crippen LogP contribution in [-0.4, -0.2) is 56.8 Å². The first-order chi connectivity index (χ1) is 14.4. The highest BCUT2D eigenvalue weighted by atomic mass is 32.2. The number of hydrogen-bond acceptors (Lipinski definition) is 8. The van der Waals surface area contributed by atoms with Crippen LogP contribution in [0, 0.1) is 10.1 Å². The molecule has 0 unspecified atom stereocenters. The molecule has 3 rings (SSSR count). The summed E-state index contributed by atoms with van der Waals surface area (Å²) in [7, 11) is -3.84. The Hall–Kier alpha value is -3.02. The Labute approximate surface area is 174 Å². The topological polar surface area (TPSA) is 123 Å². The third-order valence-corrected chi connectivity index (χ3v) is 6.26. The molecule has 0 amide bonds. The number of rotatable bonds is 8. The van der Waals surface area contributed by atoms with Crippen molar-refractivity contribution >= 4 is 27.6 Å². The van der Waals surface area contributed by atoms with E-state index in [0.29, 0.717) is 19.8 Å². The van der Waals surface area contributed by atoms with E-state index in [1.807, 2.05) is 6.92 Å². The molecule has 1 heterocycles. The predicted molar refractivity (Wildman–Crippen MR) is 112 cm³/mol. The maximum absolute atomic E-state index is 12.7. The second-order valence-electron chi connectivity index (χ2n) is 6.32. The van der Waals surface area contributed by atoms with E-state index in [4.69, 9.17) is 9.47 Å². The predicted octanol–water partition coefficient (Wildman–Crippen LogP) is 2.46. The molecular formula is C19H22N4O6S. The molecule has 160 valence electrons. The smallest absolute Gasteiger partial charge is 0.295 e. The first-order valence-electron chi connectivity index (χ1n) is 9.30. The minimum atomic E-state index is -3.84. The number of sulfonamides is 1. The third-order valence-electron chi connectivity index (χ3n) is 4.36. The van der Waals surface area contributed by atoms with Crippen LogP contribution in [0.15, 0.2) is 52.5 Å². The van der Waals surface area contributed by atoms with Crippen molar-refractivity contribution in [3.63, 3.8) is 0 Å². The fraction of sp³-hybridized carbons (Fsp3) is 0.316. The Balaban J connectivity index is 1.77. The molecule has 2 aromatic rings. The number of ether oxygens (including phenoxy) is 2. The van der Waals surface area contributed by atoms with E-state index in [2.05, 4.69) is 10.5 Å². The number of nitrogens with zero attached hydrogens (tertiary/aromatic N) is 3. The van der Waals surface area contributed by atoms with Crippen LogP contribution in [-0.2, 0) is 14.8 Å². The summed E-state index contributed by atoms with van der Waals surface area (Å²) in [6.07, 6.45) is 1.50. The number of hydrogen-bond donors (Lipinski definition) is 1. The fourth-order valence-electron chi connectivity index (χ4n) is 2.85. The molecule has 0 aliphatic carbocycles. The van der Waals surface area contributed by atoms with Gasteiger partial charge in [-0.25, -0.2) is 8.42 Å². The summed E-state index contributed by atoms with van der Waals surface area (Å²) in [5, 5.41) is 15.5. The van der Waals surface area contributed by atoms with E-state index in [1.165, 1.54) is 22.7 Å². The molecule has 0 spiro atoms. The second-order valence-corrected chi connectivity index (χ2v) is 8.26. The fourth-order valence-corrected chi connectivity index (χ4v) is 4.28. The van der Waals surface area contributed by atoms with E-state index in [-0.39, 0.29) is 29.4 Å². The molecule has 11 heteroatoms. The molecule has 30 heavy (non-hydrogen) atoms. The number of nitro groups is 1. The van der Waals surface area contributed by atoms with Crippen LogP contribution < -0.4 is 10.2 Å². The summed E-state index contributed by atoms with van der Waals surface area (Å²) in [5.74, 6) is 0.732. The first kappa shape index (κ1) is 21.7. The van der Waals surface area contributed by atoms with E-state index in [1.54, 1.807) is 24.3 Å². The highest BCUT2D eigenvalue weighted by molar-refractivity contribution is 7.89. The molecular weight excluding hydrogens is 412 g/mol. The molecule has 1 N–H and O–H groups in total. The number of nitro benzene ring substituents is 1. The summed E-state index contributed by atoms with van der Waals surface area (Å²) >= 11 is 0. The van der Waals surface area contributed by atoms with Crippen LogP contribution in [0.3, 0.4) is 0 Å². The lowest BCUT2D eigenvalue weighted by atomic mass is 10.2. The van der Waals surface area contributed by atoms with Crippen LogP contribution in [0.4, 0.5) is 11.4 Å². The normalized spacial score (nSPS) is 15.2. The molecule has 0 bridgehead atoms. The standard InChI is InChI=1S/C19H22N4O6S/c1-2-29-16-5-3-15(4-6-16)14-20-21-18-8-7-17(13-19(18)23(24)25)30(26,27)22-9-11-28-12-10-22/h3-8,13-14,21H,2,9-12H2,1H3/b20-14+. The van der Waals surface area contributed by atoms with Crippen molar-refractivity contribution in [1.29, 1.82) is 0 Å². The summed E-state index contributed by atoms with van der Waals surface area (Å²) in [5.41, 5.74) is 3.08. The maximum atomic E-state index is 12.7. The highest BCUT2D eigenvalue weighted by Gasteiger charge is 2.28. The molecule has 10 nitrogen and oxygen atoms in total. The average Bonchev–Trinajstić information content (AvgIpc) is 2.76. The lowest BCUT2D eigenvalue weighted by Crippen LogP contribution is -2.40. The van der Waals surface area contributed by atoms with Gasteiger partial charge in [0, 0.05) is 19.2 Å². The lowest BCUT2D eigenvalue weighted by Gasteiger charge is -2.26. The molecule has 2 aromatic carbocycles. The summed E-state index contributed by atoms with van der Waals surface area (Å²) in [4.78, 5) is 10.7. The van der Waals surface area contributed by atoms with Gasteiger partial charge in [0.15, 0.2) is 0 Å². The van der Waals surface area contributed by atoms with Gasteiger partial charge in [0.05, 0.1) is 35.9 Å². The zero-order valence-corrected chi connectivity index (χ0v) is 17.2. The van der Waals surface area contributed by atoms with Crippen LogP contribution in [0.2, 0.25) is 0 Å². The van der Waals surface area contributed by atoms with Crippen molar-refractivity contribution in [2.45, 2.75) is 11.8 Å². The van der Waals surface area contributed by atoms with Gasteiger partial charge >= 0.3 is 0 Å². The molecule has 0 saturated carbocycles. The summed E-state index contributed by atoms with van der Waals surface area (Å²) < 4.78 is 37.3. The Morgan fingerprint density at radius 2 is 1.93 bits per heavy atom. The molecule has 1 fully saturated rings. The van der Waals surface area contributed by atoms with Gasteiger partial charge in [-0.2, -0.15) is 9.41 Å². The van der Waals surface area contributed by atoms with Crippen LogP contribution >= 0.6 is 0 Å². The van der Waals surface area contributed by atoms with Crippen molar-refractivity contribution in [1.82, 2.24) is 4.31 Å². The van der Waals surface area contributed by atoms with E-state index < -0.39 is 14.9 Å². The van der Waals surface area contributed by atoms with Crippen molar-refractivity contribution in [3.05, 3.63) is 58.1 Å². The largest absolute Gasteiger partial charge is 0.494 e. The number of anilines is 1. The van der Waals surface area contributed by atoms with Gasteiger partial charge in [0.2, 0.25) is 10.0 Å².